The molecule has 6 nitrogen and oxygen atoms in total. The second-order valence-corrected chi connectivity index (χ2v) is 9.15. The Hall–Kier alpha value is -3.44. The molecule has 3 aromatic rings. The molecule has 2 amide bonds. The van der Waals surface area contributed by atoms with Gasteiger partial charge in [-0.25, -0.2) is 4.90 Å². The fraction of sp³-hybridized carbons (Fsp3) is 0.115. The van der Waals surface area contributed by atoms with Gasteiger partial charge in [-0.15, -0.1) is 0 Å². The molecule has 0 unspecified atom stereocenters. The Bertz CT molecular complexity index is 1380. The van der Waals surface area contributed by atoms with Crippen molar-refractivity contribution in [2.24, 2.45) is 0 Å². The number of halogens is 2. The molecule has 1 fully saturated rings. The molecule has 0 radical (unpaired) electrons. The summed E-state index contributed by atoms with van der Waals surface area (Å²) in [6.07, 6.45) is 1.58. The lowest BCUT2D eigenvalue weighted by atomic mass is 10.1. The van der Waals surface area contributed by atoms with E-state index in [2.05, 4.69) is 6.07 Å². The summed E-state index contributed by atoms with van der Waals surface area (Å²) < 4.78 is 11.7. The van der Waals surface area contributed by atoms with Crippen LogP contribution in [0.5, 0.6) is 11.5 Å². The van der Waals surface area contributed by atoms with Crippen LogP contribution in [0, 0.1) is 11.3 Å². The van der Waals surface area contributed by atoms with E-state index in [1.807, 2.05) is 13.0 Å². The molecule has 0 saturated carbocycles. The summed E-state index contributed by atoms with van der Waals surface area (Å²) in [7, 11) is 0. The number of nitriles is 1. The number of benzene rings is 3. The number of hydrogen-bond donors (Lipinski definition) is 0. The van der Waals surface area contributed by atoms with Crippen LogP contribution in [-0.4, -0.2) is 17.8 Å². The van der Waals surface area contributed by atoms with Crippen LogP contribution in [0.2, 0.25) is 10.0 Å². The van der Waals surface area contributed by atoms with Gasteiger partial charge in [-0.1, -0.05) is 47.5 Å². The summed E-state index contributed by atoms with van der Waals surface area (Å²) >= 11 is 13.4. The van der Waals surface area contributed by atoms with Crippen molar-refractivity contribution in [2.45, 2.75) is 13.5 Å². The first-order chi connectivity index (χ1) is 16.9. The number of amides is 2. The number of imide groups is 1. The average Bonchev–Trinajstić information content (AvgIpc) is 3.11. The summed E-state index contributed by atoms with van der Waals surface area (Å²) in [5.74, 6) is 0.255. The van der Waals surface area contributed by atoms with Crippen LogP contribution in [-0.2, 0) is 11.4 Å². The summed E-state index contributed by atoms with van der Waals surface area (Å²) in [6, 6.07) is 19.1. The van der Waals surface area contributed by atoms with Crippen LogP contribution in [0.1, 0.15) is 23.6 Å². The third kappa shape index (κ3) is 5.46. The highest BCUT2D eigenvalue weighted by Gasteiger charge is 2.36. The van der Waals surface area contributed by atoms with Crippen molar-refractivity contribution in [3.8, 4) is 17.6 Å². The highest BCUT2D eigenvalue weighted by atomic mass is 35.5. The van der Waals surface area contributed by atoms with Gasteiger partial charge in [0.25, 0.3) is 11.1 Å². The maximum absolute atomic E-state index is 13.0. The SMILES string of the molecule is CCOc1cc(/C=C2/SC(=O)N(c3cccc(Cl)c3)C2=O)cc(Cl)c1OCc1ccccc1C#N. The molecular formula is C26H18Cl2N2O4S. The molecule has 0 aliphatic carbocycles. The molecule has 0 aromatic heterocycles. The smallest absolute Gasteiger partial charge is 0.298 e. The van der Waals surface area contributed by atoms with Crippen molar-refractivity contribution in [1.29, 1.82) is 5.26 Å². The third-order valence-corrected chi connectivity index (χ3v) is 6.38. The number of ether oxygens (including phenoxy) is 2. The zero-order valence-corrected chi connectivity index (χ0v) is 20.8. The van der Waals surface area contributed by atoms with Gasteiger partial charge in [-0.2, -0.15) is 5.26 Å². The minimum atomic E-state index is -0.454. The van der Waals surface area contributed by atoms with Crippen LogP contribution >= 0.6 is 35.0 Å². The molecule has 3 aromatic carbocycles. The monoisotopic (exact) mass is 524 g/mol. The molecule has 1 aliphatic heterocycles. The number of nitrogens with zero attached hydrogens (tertiary/aromatic N) is 2. The van der Waals surface area contributed by atoms with E-state index < -0.39 is 11.1 Å². The number of rotatable bonds is 7. The lowest BCUT2D eigenvalue weighted by Crippen LogP contribution is -2.27. The van der Waals surface area contributed by atoms with E-state index in [4.69, 9.17) is 32.7 Å². The van der Waals surface area contributed by atoms with Gasteiger partial charge in [0.2, 0.25) is 0 Å². The molecule has 35 heavy (non-hydrogen) atoms. The third-order valence-electron chi connectivity index (χ3n) is 5.00. The van der Waals surface area contributed by atoms with Crippen LogP contribution in [0.15, 0.2) is 65.6 Å². The fourth-order valence-corrected chi connectivity index (χ4v) is 4.74. The van der Waals surface area contributed by atoms with Crippen molar-refractivity contribution >= 4 is 57.9 Å². The van der Waals surface area contributed by atoms with Crippen molar-refractivity contribution in [1.82, 2.24) is 0 Å². The van der Waals surface area contributed by atoms with Crippen molar-refractivity contribution in [3.63, 3.8) is 0 Å². The van der Waals surface area contributed by atoms with Gasteiger partial charge in [0.15, 0.2) is 11.5 Å². The predicted octanol–water partition coefficient (Wildman–Crippen LogP) is 7.08. The van der Waals surface area contributed by atoms with Gasteiger partial charge in [0.05, 0.1) is 33.9 Å². The van der Waals surface area contributed by atoms with E-state index in [1.54, 1.807) is 60.7 Å². The average molecular weight is 525 g/mol. The van der Waals surface area contributed by atoms with E-state index in [0.29, 0.717) is 45.5 Å². The molecule has 4 rings (SSSR count). The van der Waals surface area contributed by atoms with Crippen molar-refractivity contribution in [3.05, 3.63) is 92.3 Å². The zero-order valence-electron chi connectivity index (χ0n) is 18.5. The molecule has 1 heterocycles. The molecule has 0 N–H and O–H groups in total. The molecule has 0 spiro atoms. The molecule has 0 bridgehead atoms. The number of carbonyl (C=O) groups excluding carboxylic acids is 2. The standard InChI is InChI=1S/C26H18Cl2N2O4S/c1-2-33-22-11-16(10-21(28)24(22)34-15-18-7-4-3-6-17(18)14-29)12-23-25(31)30(26(32)35-23)20-9-5-8-19(27)13-20/h3-13H,2,15H2,1H3/b23-12+. The lowest BCUT2D eigenvalue weighted by Gasteiger charge is -2.15. The molecule has 1 aliphatic rings. The van der Waals surface area contributed by atoms with E-state index in [0.717, 1.165) is 16.7 Å². The second kappa shape index (κ2) is 10.9. The maximum Gasteiger partial charge on any atom is 0.298 e. The van der Waals surface area contributed by atoms with Gasteiger partial charge in [-0.05, 0) is 66.7 Å². The lowest BCUT2D eigenvalue weighted by molar-refractivity contribution is -0.113. The van der Waals surface area contributed by atoms with Crippen LogP contribution in [0.3, 0.4) is 0 Å². The summed E-state index contributed by atoms with van der Waals surface area (Å²) in [5.41, 5.74) is 2.19. The largest absolute Gasteiger partial charge is 0.490 e. The Morgan fingerprint density at radius 2 is 1.86 bits per heavy atom. The van der Waals surface area contributed by atoms with Crippen molar-refractivity contribution in [2.75, 3.05) is 11.5 Å². The number of thioether (sulfide) groups is 1. The topological polar surface area (TPSA) is 79.6 Å². The minimum absolute atomic E-state index is 0.126. The van der Waals surface area contributed by atoms with Crippen LogP contribution in [0.4, 0.5) is 10.5 Å². The normalized spacial score (nSPS) is 14.3. The highest BCUT2D eigenvalue weighted by Crippen LogP contribution is 2.40. The molecular weight excluding hydrogens is 507 g/mol. The van der Waals surface area contributed by atoms with Gasteiger partial charge in [0, 0.05) is 10.6 Å². The van der Waals surface area contributed by atoms with Gasteiger partial charge in [0.1, 0.15) is 6.61 Å². The van der Waals surface area contributed by atoms with E-state index >= 15 is 0 Å². The van der Waals surface area contributed by atoms with Crippen LogP contribution in [0.25, 0.3) is 6.08 Å². The van der Waals surface area contributed by atoms with Gasteiger partial charge >= 0.3 is 0 Å². The number of anilines is 1. The van der Waals surface area contributed by atoms with E-state index in [1.165, 1.54) is 0 Å². The Kier molecular flexibility index (Phi) is 7.67. The summed E-state index contributed by atoms with van der Waals surface area (Å²) in [5, 5.41) is 9.57. The van der Waals surface area contributed by atoms with Crippen LogP contribution < -0.4 is 14.4 Å². The minimum Gasteiger partial charge on any atom is -0.490 e. The fourth-order valence-electron chi connectivity index (χ4n) is 3.44. The van der Waals surface area contributed by atoms with E-state index in [9.17, 15) is 14.9 Å². The molecule has 1 saturated heterocycles. The first-order valence-electron chi connectivity index (χ1n) is 10.5. The summed E-state index contributed by atoms with van der Waals surface area (Å²) in [4.78, 5) is 26.8. The van der Waals surface area contributed by atoms with Gasteiger partial charge < -0.3 is 9.47 Å². The highest BCUT2D eigenvalue weighted by molar-refractivity contribution is 8.19. The molecule has 0 atom stereocenters. The Morgan fingerprint density at radius 3 is 2.60 bits per heavy atom. The Labute approximate surface area is 216 Å². The first-order valence-corrected chi connectivity index (χ1v) is 12.1. The Morgan fingerprint density at radius 1 is 1.06 bits per heavy atom. The molecule has 9 heteroatoms. The number of carbonyl (C=O) groups is 2. The quantitative estimate of drug-likeness (QED) is 0.307. The maximum atomic E-state index is 13.0. The number of hydrogen-bond acceptors (Lipinski definition) is 6. The summed E-state index contributed by atoms with van der Waals surface area (Å²) in [6.45, 7) is 2.31. The van der Waals surface area contributed by atoms with Crippen molar-refractivity contribution < 1.29 is 19.1 Å². The predicted molar refractivity (Wildman–Crippen MR) is 138 cm³/mol. The van der Waals surface area contributed by atoms with E-state index in [-0.39, 0.29) is 16.5 Å². The van der Waals surface area contributed by atoms with Gasteiger partial charge in [-0.3, -0.25) is 9.59 Å². The second-order valence-electron chi connectivity index (χ2n) is 7.32. The Balaban J connectivity index is 1.62. The molecule has 176 valence electrons. The first kappa shape index (κ1) is 24.7. The zero-order chi connectivity index (χ0) is 24.9.